The summed E-state index contributed by atoms with van der Waals surface area (Å²) in [5.74, 6) is 0.969. The molecule has 0 atom stereocenters. The van der Waals surface area contributed by atoms with Crippen molar-refractivity contribution < 1.29 is 4.74 Å². The quantitative estimate of drug-likeness (QED) is 0.655. The molecule has 2 aromatic rings. The van der Waals surface area contributed by atoms with Crippen molar-refractivity contribution in [1.82, 2.24) is 9.97 Å². The summed E-state index contributed by atoms with van der Waals surface area (Å²) in [4.78, 5) is 10.1. The van der Waals surface area contributed by atoms with Gasteiger partial charge in [-0.15, -0.1) is 0 Å². The standard InChI is InChI=1S/C16H19ClN4O/c17-14-9-15(20-16(18)19-14)21-10-13(11-21)22-8-4-7-12-5-2-1-3-6-12/h1-3,5-6,9,13H,4,7-8,10-11H2,(H2,18,19,20). The molecule has 5 nitrogen and oxygen atoms in total. The van der Waals surface area contributed by atoms with Gasteiger partial charge in [-0.3, -0.25) is 0 Å². The molecule has 0 bridgehead atoms. The third kappa shape index (κ3) is 3.87. The van der Waals surface area contributed by atoms with Crippen LogP contribution in [0.1, 0.15) is 12.0 Å². The van der Waals surface area contributed by atoms with E-state index in [4.69, 9.17) is 22.1 Å². The fourth-order valence-corrected chi connectivity index (χ4v) is 2.67. The first-order valence-corrected chi connectivity index (χ1v) is 7.79. The van der Waals surface area contributed by atoms with Gasteiger partial charge in [0.15, 0.2) is 0 Å². The van der Waals surface area contributed by atoms with Crippen LogP contribution < -0.4 is 10.6 Å². The monoisotopic (exact) mass is 318 g/mol. The summed E-state index contributed by atoms with van der Waals surface area (Å²) in [6, 6.07) is 12.2. The zero-order valence-corrected chi connectivity index (χ0v) is 13.0. The van der Waals surface area contributed by atoms with E-state index in [-0.39, 0.29) is 12.1 Å². The summed E-state index contributed by atoms with van der Waals surface area (Å²) in [5, 5.41) is 0.370. The summed E-state index contributed by atoms with van der Waals surface area (Å²) in [6.45, 7) is 2.41. The van der Waals surface area contributed by atoms with E-state index in [0.717, 1.165) is 38.4 Å². The minimum absolute atomic E-state index is 0.203. The predicted octanol–water partition coefficient (Wildman–Crippen LogP) is 2.55. The Hall–Kier alpha value is -1.85. The van der Waals surface area contributed by atoms with Gasteiger partial charge in [0.1, 0.15) is 11.0 Å². The second kappa shape index (κ2) is 6.94. The molecule has 0 amide bonds. The van der Waals surface area contributed by atoms with Crippen LogP contribution in [0.2, 0.25) is 5.15 Å². The second-order valence-electron chi connectivity index (χ2n) is 5.39. The van der Waals surface area contributed by atoms with E-state index in [0.29, 0.717) is 5.15 Å². The van der Waals surface area contributed by atoms with Gasteiger partial charge in [0.05, 0.1) is 6.10 Å². The molecule has 0 aliphatic carbocycles. The predicted molar refractivity (Wildman–Crippen MR) is 88.2 cm³/mol. The van der Waals surface area contributed by atoms with Crippen LogP contribution in [0.4, 0.5) is 11.8 Å². The molecule has 0 saturated carbocycles. The maximum absolute atomic E-state index is 5.88. The van der Waals surface area contributed by atoms with E-state index in [1.807, 2.05) is 6.07 Å². The van der Waals surface area contributed by atoms with Crippen molar-refractivity contribution in [3.8, 4) is 0 Å². The van der Waals surface area contributed by atoms with Gasteiger partial charge < -0.3 is 15.4 Å². The van der Waals surface area contributed by atoms with Gasteiger partial charge in [-0.2, -0.15) is 4.98 Å². The average Bonchev–Trinajstić information content (AvgIpc) is 2.45. The Bertz CT molecular complexity index is 597. The minimum Gasteiger partial charge on any atom is -0.375 e. The number of aromatic nitrogens is 2. The SMILES string of the molecule is Nc1nc(Cl)cc(N2CC(OCCCc3ccccc3)C2)n1. The lowest BCUT2D eigenvalue weighted by molar-refractivity contribution is 0.0327. The van der Waals surface area contributed by atoms with Gasteiger partial charge in [-0.05, 0) is 18.4 Å². The van der Waals surface area contributed by atoms with E-state index >= 15 is 0 Å². The number of rotatable bonds is 6. The highest BCUT2D eigenvalue weighted by Gasteiger charge is 2.28. The number of nitrogens with two attached hydrogens (primary N) is 1. The topological polar surface area (TPSA) is 64.3 Å². The minimum atomic E-state index is 0.203. The van der Waals surface area contributed by atoms with Crippen LogP contribution in [0.25, 0.3) is 0 Å². The van der Waals surface area contributed by atoms with Crippen molar-refractivity contribution in [2.24, 2.45) is 0 Å². The number of ether oxygens (including phenoxy) is 1. The average molecular weight is 319 g/mol. The van der Waals surface area contributed by atoms with Crippen LogP contribution in [-0.4, -0.2) is 35.8 Å². The molecule has 1 fully saturated rings. The maximum atomic E-state index is 5.88. The first kappa shape index (κ1) is 15.1. The fraction of sp³-hybridized carbons (Fsp3) is 0.375. The first-order chi connectivity index (χ1) is 10.7. The Morgan fingerprint density at radius 1 is 1.23 bits per heavy atom. The fourth-order valence-electron chi connectivity index (χ4n) is 2.49. The van der Waals surface area contributed by atoms with Crippen molar-refractivity contribution in [3.63, 3.8) is 0 Å². The smallest absolute Gasteiger partial charge is 0.223 e. The third-order valence-corrected chi connectivity index (χ3v) is 3.87. The van der Waals surface area contributed by atoms with Crippen LogP contribution in [0.15, 0.2) is 36.4 Å². The van der Waals surface area contributed by atoms with Crippen LogP contribution in [0, 0.1) is 0 Å². The molecule has 1 aliphatic rings. The summed E-state index contributed by atoms with van der Waals surface area (Å²) < 4.78 is 5.86. The molecule has 3 rings (SSSR count). The maximum Gasteiger partial charge on any atom is 0.223 e. The Kier molecular flexibility index (Phi) is 4.75. The number of nitrogen functional groups attached to an aromatic ring is 1. The number of hydrogen-bond donors (Lipinski definition) is 1. The largest absolute Gasteiger partial charge is 0.375 e. The Balaban J connectivity index is 1.37. The number of anilines is 2. The molecule has 2 N–H and O–H groups in total. The Labute approximate surface area is 135 Å². The van der Waals surface area contributed by atoms with Crippen molar-refractivity contribution >= 4 is 23.4 Å². The number of halogens is 1. The van der Waals surface area contributed by atoms with Gasteiger partial charge in [0.2, 0.25) is 5.95 Å². The number of hydrogen-bond acceptors (Lipinski definition) is 5. The van der Waals surface area contributed by atoms with Crippen molar-refractivity contribution in [1.29, 1.82) is 0 Å². The van der Waals surface area contributed by atoms with Crippen molar-refractivity contribution in [2.75, 3.05) is 30.3 Å². The van der Waals surface area contributed by atoms with Crippen LogP contribution in [-0.2, 0) is 11.2 Å². The highest BCUT2D eigenvalue weighted by atomic mass is 35.5. The van der Waals surface area contributed by atoms with E-state index in [1.54, 1.807) is 6.07 Å². The summed E-state index contributed by atoms with van der Waals surface area (Å²) in [5.41, 5.74) is 6.95. The zero-order valence-electron chi connectivity index (χ0n) is 12.3. The van der Waals surface area contributed by atoms with Gasteiger partial charge in [-0.1, -0.05) is 41.9 Å². The van der Waals surface area contributed by atoms with Crippen molar-refractivity contribution in [3.05, 3.63) is 47.1 Å². The van der Waals surface area contributed by atoms with E-state index < -0.39 is 0 Å². The van der Waals surface area contributed by atoms with Gasteiger partial charge in [-0.25, -0.2) is 4.98 Å². The molecule has 6 heteroatoms. The van der Waals surface area contributed by atoms with Gasteiger partial charge in [0, 0.05) is 25.8 Å². The highest BCUT2D eigenvalue weighted by Crippen LogP contribution is 2.23. The van der Waals surface area contributed by atoms with Crippen LogP contribution in [0.5, 0.6) is 0 Å². The van der Waals surface area contributed by atoms with Gasteiger partial charge >= 0.3 is 0 Å². The molecule has 0 spiro atoms. The molecule has 22 heavy (non-hydrogen) atoms. The van der Waals surface area contributed by atoms with E-state index in [1.165, 1.54) is 5.56 Å². The number of aryl methyl sites for hydroxylation is 1. The number of nitrogens with zero attached hydrogens (tertiary/aromatic N) is 3. The molecule has 116 valence electrons. The lowest BCUT2D eigenvalue weighted by atomic mass is 10.1. The normalized spacial score (nSPS) is 14.9. The summed E-state index contributed by atoms with van der Waals surface area (Å²) in [6.07, 6.45) is 2.34. The van der Waals surface area contributed by atoms with Crippen molar-refractivity contribution in [2.45, 2.75) is 18.9 Å². The zero-order chi connectivity index (χ0) is 15.4. The second-order valence-corrected chi connectivity index (χ2v) is 5.78. The highest BCUT2D eigenvalue weighted by molar-refractivity contribution is 6.29. The Morgan fingerprint density at radius 3 is 2.73 bits per heavy atom. The van der Waals surface area contributed by atoms with Crippen LogP contribution in [0.3, 0.4) is 0 Å². The molecule has 0 unspecified atom stereocenters. The molecule has 1 aliphatic heterocycles. The molecule has 1 aromatic carbocycles. The lowest BCUT2D eigenvalue weighted by Crippen LogP contribution is -2.52. The lowest BCUT2D eigenvalue weighted by Gasteiger charge is -2.39. The Morgan fingerprint density at radius 2 is 2.00 bits per heavy atom. The first-order valence-electron chi connectivity index (χ1n) is 7.41. The molecule has 1 aromatic heterocycles. The summed E-state index contributed by atoms with van der Waals surface area (Å²) in [7, 11) is 0. The van der Waals surface area contributed by atoms with E-state index in [9.17, 15) is 0 Å². The number of benzene rings is 1. The molecule has 2 heterocycles. The summed E-state index contributed by atoms with van der Waals surface area (Å²) >= 11 is 5.88. The third-order valence-electron chi connectivity index (χ3n) is 3.68. The van der Waals surface area contributed by atoms with Crippen LogP contribution >= 0.6 is 11.6 Å². The molecular formula is C16H19ClN4O. The van der Waals surface area contributed by atoms with Gasteiger partial charge in [0.25, 0.3) is 0 Å². The molecular weight excluding hydrogens is 300 g/mol. The van der Waals surface area contributed by atoms with E-state index in [2.05, 4.69) is 39.1 Å². The molecule has 0 radical (unpaired) electrons. The molecule has 1 saturated heterocycles.